The first kappa shape index (κ1) is 14.1. The highest BCUT2D eigenvalue weighted by molar-refractivity contribution is 14.1. The summed E-state index contributed by atoms with van der Waals surface area (Å²) in [4.78, 5) is 0. The summed E-state index contributed by atoms with van der Waals surface area (Å²) in [5, 5.41) is 5.19. The van der Waals surface area contributed by atoms with Crippen molar-refractivity contribution in [1.29, 1.82) is 0 Å². The minimum atomic E-state index is 1.21. The van der Waals surface area contributed by atoms with E-state index < -0.39 is 0 Å². The number of halogens is 1. The number of para-hydroxylation sites is 1. The Balaban J connectivity index is 1.95. The van der Waals surface area contributed by atoms with Crippen molar-refractivity contribution in [3.05, 3.63) is 88.5 Å². The van der Waals surface area contributed by atoms with Crippen molar-refractivity contribution < 1.29 is 0 Å². The lowest BCUT2D eigenvalue weighted by molar-refractivity contribution is 1.19. The molecule has 0 radical (unpaired) electrons. The number of nitrogens with zero attached hydrogens (tertiary/aromatic N) is 1. The number of fused-ring (bicyclic) bond motifs is 4. The number of aromatic nitrogens is 1. The molecule has 1 heterocycles. The summed E-state index contributed by atoms with van der Waals surface area (Å²) in [5.74, 6) is 0. The third-order valence-corrected chi connectivity index (χ3v) is 5.54. The van der Waals surface area contributed by atoms with Crippen molar-refractivity contribution >= 4 is 55.2 Å². The average molecular weight is 419 g/mol. The molecule has 2 heteroatoms. The number of hydrogen-bond acceptors (Lipinski definition) is 0. The van der Waals surface area contributed by atoms with E-state index in [1.54, 1.807) is 0 Å². The minimum absolute atomic E-state index is 1.21. The molecule has 0 aliphatic heterocycles. The Kier molecular flexibility index (Phi) is 3.13. The van der Waals surface area contributed by atoms with Gasteiger partial charge in [0.25, 0.3) is 0 Å². The molecule has 4 aromatic carbocycles. The SMILES string of the molecule is Ic1cccc2c1c1ccccc1n2-c1ccc2ccccc2c1. The van der Waals surface area contributed by atoms with Gasteiger partial charge in [0, 0.05) is 20.0 Å². The molecule has 0 spiro atoms. The highest BCUT2D eigenvalue weighted by Gasteiger charge is 2.13. The fourth-order valence-electron chi connectivity index (χ4n) is 3.57. The van der Waals surface area contributed by atoms with Gasteiger partial charge in [-0.15, -0.1) is 0 Å². The van der Waals surface area contributed by atoms with Crippen LogP contribution in [0.25, 0.3) is 38.3 Å². The zero-order chi connectivity index (χ0) is 16.1. The van der Waals surface area contributed by atoms with Gasteiger partial charge in [-0.05, 0) is 63.7 Å². The van der Waals surface area contributed by atoms with Crippen LogP contribution in [-0.4, -0.2) is 4.57 Å². The van der Waals surface area contributed by atoms with Crippen LogP contribution in [0.4, 0.5) is 0 Å². The topological polar surface area (TPSA) is 4.93 Å². The molecule has 0 fully saturated rings. The third-order valence-electron chi connectivity index (χ3n) is 4.64. The summed E-state index contributed by atoms with van der Waals surface area (Å²) in [7, 11) is 0. The Morgan fingerprint density at radius 2 is 1.38 bits per heavy atom. The van der Waals surface area contributed by atoms with E-state index in [-0.39, 0.29) is 0 Å². The predicted molar refractivity (Wildman–Crippen MR) is 111 cm³/mol. The van der Waals surface area contributed by atoms with Crippen molar-refractivity contribution in [3.63, 3.8) is 0 Å². The second kappa shape index (κ2) is 5.35. The molecule has 1 aromatic heterocycles. The van der Waals surface area contributed by atoms with Crippen molar-refractivity contribution in [1.82, 2.24) is 4.57 Å². The van der Waals surface area contributed by atoms with Crippen LogP contribution in [0.2, 0.25) is 0 Å². The van der Waals surface area contributed by atoms with Gasteiger partial charge in [0.05, 0.1) is 11.0 Å². The molecule has 24 heavy (non-hydrogen) atoms. The smallest absolute Gasteiger partial charge is 0.0551 e. The zero-order valence-corrected chi connectivity index (χ0v) is 15.1. The summed E-state index contributed by atoms with van der Waals surface area (Å²) in [5.41, 5.74) is 3.73. The molecule has 114 valence electrons. The van der Waals surface area contributed by atoms with E-state index in [2.05, 4.69) is 112 Å². The lowest BCUT2D eigenvalue weighted by Crippen LogP contribution is -1.93. The molecule has 1 nitrogen and oxygen atoms in total. The average Bonchev–Trinajstić information content (AvgIpc) is 2.97. The third kappa shape index (κ3) is 1.99. The lowest BCUT2D eigenvalue weighted by atomic mass is 10.1. The molecule has 0 atom stereocenters. The van der Waals surface area contributed by atoms with Crippen molar-refractivity contribution in [3.8, 4) is 5.69 Å². The van der Waals surface area contributed by atoms with E-state index in [1.165, 1.54) is 41.8 Å². The van der Waals surface area contributed by atoms with Gasteiger partial charge in [0.2, 0.25) is 0 Å². The van der Waals surface area contributed by atoms with E-state index >= 15 is 0 Å². The van der Waals surface area contributed by atoms with Gasteiger partial charge < -0.3 is 4.57 Å². The van der Waals surface area contributed by atoms with E-state index in [0.29, 0.717) is 0 Å². The molecular weight excluding hydrogens is 405 g/mol. The highest BCUT2D eigenvalue weighted by Crippen LogP contribution is 2.35. The highest BCUT2D eigenvalue weighted by atomic mass is 127. The van der Waals surface area contributed by atoms with Gasteiger partial charge in [-0.1, -0.05) is 54.6 Å². The van der Waals surface area contributed by atoms with E-state index in [9.17, 15) is 0 Å². The first-order chi connectivity index (χ1) is 11.8. The van der Waals surface area contributed by atoms with Gasteiger partial charge in [-0.25, -0.2) is 0 Å². The first-order valence-corrected chi connectivity index (χ1v) is 9.08. The minimum Gasteiger partial charge on any atom is -0.309 e. The van der Waals surface area contributed by atoms with Gasteiger partial charge >= 0.3 is 0 Å². The van der Waals surface area contributed by atoms with Crippen molar-refractivity contribution in [2.45, 2.75) is 0 Å². The molecule has 0 bridgehead atoms. The van der Waals surface area contributed by atoms with Gasteiger partial charge in [0.1, 0.15) is 0 Å². The predicted octanol–water partition coefficient (Wildman–Crippen LogP) is 6.54. The Hall–Kier alpha value is -2.33. The molecule has 0 saturated carbocycles. The fraction of sp³-hybridized carbons (Fsp3) is 0. The Labute approximate surface area is 153 Å². The summed E-state index contributed by atoms with van der Waals surface area (Å²) < 4.78 is 3.67. The van der Waals surface area contributed by atoms with Crippen LogP contribution in [0.3, 0.4) is 0 Å². The standard InChI is InChI=1S/C22H14IN/c23-19-9-5-11-21-22(19)18-8-3-4-10-20(18)24(21)17-13-12-15-6-1-2-7-16(15)14-17/h1-14H. The normalized spacial score (nSPS) is 11.5. The maximum absolute atomic E-state index is 2.44. The number of rotatable bonds is 1. The zero-order valence-electron chi connectivity index (χ0n) is 12.9. The van der Waals surface area contributed by atoms with Gasteiger partial charge in [-0.3, -0.25) is 0 Å². The molecule has 0 aliphatic rings. The van der Waals surface area contributed by atoms with Crippen LogP contribution in [0.1, 0.15) is 0 Å². The molecule has 0 unspecified atom stereocenters. The second-order valence-electron chi connectivity index (χ2n) is 6.02. The molecule has 0 N–H and O–H groups in total. The molecule has 5 rings (SSSR count). The van der Waals surface area contributed by atoms with Crippen molar-refractivity contribution in [2.75, 3.05) is 0 Å². The summed E-state index contributed by atoms with van der Waals surface area (Å²) in [6, 6.07) is 30.4. The summed E-state index contributed by atoms with van der Waals surface area (Å²) in [6.45, 7) is 0. The van der Waals surface area contributed by atoms with Crippen molar-refractivity contribution in [2.24, 2.45) is 0 Å². The van der Waals surface area contributed by atoms with E-state index in [0.717, 1.165) is 0 Å². The molecular formula is C22H14IN. The number of benzene rings is 4. The molecule has 0 amide bonds. The van der Waals surface area contributed by atoms with Crippen LogP contribution < -0.4 is 0 Å². The van der Waals surface area contributed by atoms with Crippen LogP contribution in [0, 0.1) is 3.57 Å². The van der Waals surface area contributed by atoms with Crippen LogP contribution in [-0.2, 0) is 0 Å². The Morgan fingerprint density at radius 3 is 2.29 bits per heavy atom. The Morgan fingerprint density at radius 1 is 0.625 bits per heavy atom. The lowest BCUT2D eigenvalue weighted by Gasteiger charge is -2.09. The maximum atomic E-state index is 2.44. The summed E-state index contributed by atoms with van der Waals surface area (Å²) >= 11 is 2.44. The monoisotopic (exact) mass is 419 g/mol. The quantitative estimate of drug-likeness (QED) is 0.272. The first-order valence-electron chi connectivity index (χ1n) is 8.00. The molecule has 0 aliphatic carbocycles. The van der Waals surface area contributed by atoms with E-state index in [1.807, 2.05) is 0 Å². The largest absolute Gasteiger partial charge is 0.309 e. The number of hydrogen-bond donors (Lipinski definition) is 0. The van der Waals surface area contributed by atoms with Gasteiger partial charge in [-0.2, -0.15) is 0 Å². The molecule has 5 aromatic rings. The van der Waals surface area contributed by atoms with Crippen LogP contribution in [0.15, 0.2) is 84.9 Å². The van der Waals surface area contributed by atoms with Gasteiger partial charge in [0.15, 0.2) is 0 Å². The summed E-state index contributed by atoms with van der Waals surface area (Å²) in [6.07, 6.45) is 0. The molecule has 0 saturated heterocycles. The Bertz CT molecular complexity index is 1220. The second-order valence-corrected chi connectivity index (χ2v) is 7.18. The maximum Gasteiger partial charge on any atom is 0.0551 e. The van der Waals surface area contributed by atoms with Crippen LogP contribution >= 0.6 is 22.6 Å². The van der Waals surface area contributed by atoms with Crippen LogP contribution in [0.5, 0.6) is 0 Å². The van der Waals surface area contributed by atoms with E-state index in [4.69, 9.17) is 0 Å². The fourth-order valence-corrected chi connectivity index (χ4v) is 4.34.